The smallest absolute Gasteiger partial charge is 0.0498 e. The molecule has 16 heavy (non-hydrogen) atoms. The fourth-order valence-corrected chi connectivity index (χ4v) is 2.77. The molecule has 0 radical (unpaired) electrons. The van der Waals surface area contributed by atoms with Crippen molar-refractivity contribution in [2.75, 3.05) is 11.9 Å². The second-order valence-corrected chi connectivity index (χ2v) is 5.33. The number of rotatable bonds is 3. The molecule has 0 spiro atoms. The van der Waals surface area contributed by atoms with Crippen molar-refractivity contribution in [3.8, 4) is 0 Å². The summed E-state index contributed by atoms with van der Waals surface area (Å²) in [6.45, 7) is 5.16. The van der Waals surface area contributed by atoms with Crippen LogP contribution >= 0.6 is 0 Å². The third-order valence-electron chi connectivity index (χ3n) is 3.67. The Bertz CT molecular complexity index is 362. The summed E-state index contributed by atoms with van der Waals surface area (Å²) in [6, 6.07) is 8.55. The minimum Gasteiger partial charge on any atom is -0.378 e. The molecule has 2 heteroatoms. The summed E-state index contributed by atoms with van der Waals surface area (Å²) in [6.07, 6.45) is 3.67. The number of hydrogen-bond donors (Lipinski definition) is 2. The van der Waals surface area contributed by atoms with Crippen molar-refractivity contribution in [2.24, 2.45) is 11.7 Å². The molecule has 1 saturated carbocycles. The highest BCUT2D eigenvalue weighted by Crippen LogP contribution is 2.36. The van der Waals surface area contributed by atoms with E-state index in [2.05, 4.69) is 43.4 Å². The zero-order valence-electron chi connectivity index (χ0n) is 10.3. The van der Waals surface area contributed by atoms with Crippen molar-refractivity contribution >= 4 is 5.69 Å². The van der Waals surface area contributed by atoms with Crippen molar-refractivity contribution in [1.29, 1.82) is 0 Å². The second kappa shape index (κ2) is 4.46. The number of anilines is 1. The fraction of sp³-hybridized carbons (Fsp3) is 0.571. The molecule has 1 aliphatic rings. The Balaban J connectivity index is 2.13. The highest BCUT2D eigenvalue weighted by molar-refractivity contribution is 5.48. The summed E-state index contributed by atoms with van der Waals surface area (Å²) in [7, 11) is 0. The molecule has 0 amide bonds. The second-order valence-electron chi connectivity index (χ2n) is 5.33. The SMILES string of the molecule is Cc1cccc(NC2(CN)CCC(C)C2)c1. The van der Waals surface area contributed by atoms with Crippen LogP contribution in [0.2, 0.25) is 0 Å². The van der Waals surface area contributed by atoms with Gasteiger partial charge in [0.1, 0.15) is 0 Å². The summed E-state index contributed by atoms with van der Waals surface area (Å²) in [4.78, 5) is 0. The third kappa shape index (κ3) is 2.38. The number of aryl methyl sites for hydroxylation is 1. The third-order valence-corrected chi connectivity index (χ3v) is 3.67. The lowest BCUT2D eigenvalue weighted by atomic mass is 9.95. The van der Waals surface area contributed by atoms with Gasteiger partial charge in [0.05, 0.1) is 0 Å². The van der Waals surface area contributed by atoms with Crippen molar-refractivity contribution in [3.05, 3.63) is 29.8 Å². The normalized spacial score (nSPS) is 29.3. The molecular formula is C14H22N2. The molecule has 1 fully saturated rings. The molecule has 1 aliphatic carbocycles. The molecule has 0 bridgehead atoms. The molecule has 2 unspecified atom stereocenters. The molecule has 1 aromatic rings. The Labute approximate surface area is 98.2 Å². The molecule has 0 heterocycles. The van der Waals surface area contributed by atoms with Gasteiger partial charge in [0.2, 0.25) is 0 Å². The van der Waals surface area contributed by atoms with E-state index in [-0.39, 0.29) is 5.54 Å². The molecule has 0 aromatic heterocycles. The van der Waals surface area contributed by atoms with Crippen LogP contribution in [0.15, 0.2) is 24.3 Å². The van der Waals surface area contributed by atoms with Crippen LogP contribution in [0, 0.1) is 12.8 Å². The summed E-state index contributed by atoms with van der Waals surface area (Å²) >= 11 is 0. The summed E-state index contributed by atoms with van der Waals surface area (Å²) in [5.74, 6) is 0.792. The van der Waals surface area contributed by atoms with Crippen LogP contribution in [-0.2, 0) is 0 Å². The lowest BCUT2D eigenvalue weighted by Crippen LogP contribution is -2.43. The molecule has 88 valence electrons. The van der Waals surface area contributed by atoms with Gasteiger partial charge in [-0.15, -0.1) is 0 Å². The summed E-state index contributed by atoms with van der Waals surface area (Å²) in [5.41, 5.74) is 8.59. The van der Waals surface area contributed by atoms with Crippen molar-refractivity contribution in [3.63, 3.8) is 0 Å². The molecular weight excluding hydrogens is 196 g/mol. The molecule has 2 nitrogen and oxygen atoms in total. The first-order valence-electron chi connectivity index (χ1n) is 6.18. The lowest BCUT2D eigenvalue weighted by Gasteiger charge is -2.30. The van der Waals surface area contributed by atoms with E-state index in [1.807, 2.05) is 0 Å². The predicted octanol–water partition coefficient (Wildman–Crippen LogP) is 2.92. The minimum atomic E-state index is 0.132. The maximum absolute atomic E-state index is 5.95. The van der Waals surface area contributed by atoms with E-state index in [4.69, 9.17) is 5.73 Å². The predicted molar refractivity (Wildman–Crippen MR) is 69.6 cm³/mol. The van der Waals surface area contributed by atoms with Crippen LogP contribution in [0.3, 0.4) is 0 Å². The topological polar surface area (TPSA) is 38.0 Å². The Morgan fingerprint density at radius 2 is 2.31 bits per heavy atom. The van der Waals surface area contributed by atoms with Gasteiger partial charge in [-0.25, -0.2) is 0 Å². The Morgan fingerprint density at radius 1 is 1.50 bits per heavy atom. The van der Waals surface area contributed by atoms with Gasteiger partial charge in [-0.1, -0.05) is 19.1 Å². The van der Waals surface area contributed by atoms with E-state index in [0.717, 1.165) is 12.5 Å². The molecule has 2 atom stereocenters. The highest BCUT2D eigenvalue weighted by Gasteiger charge is 2.35. The Kier molecular flexibility index (Phi) is 3.20. The van der Waals surface area contributed by atoms with Crippen LogP contribution in [0.1, 0.15) is 31.7 Å². The van der Waals surface area contributed by atoms with Gasteiger partial charge in [0.25, 0.3) is 0 Å². The minimum absolute atomic E-state index is 0.132. The summed E-state index contributed by atoms with van der Waals surface area (Å²) in [5, 5.41) is 3.65. The molecule has 1 aromatic carbocycles. The van der Waals surface area contributed by atoms with Crippen LogP contribution in [-0.4, -0.2) is 12.1 Å². The first-order chi connectivity index (χ1) is 7.63. The zero-order chi connectivity index (χ0) is 11.6. The van der Waals surface area contributed by atoms with Gasteiger partial charge >= 0.3 is 0 Å². The number of nitrogens with one attached hydrogen (secondary N) is 1. The maximum atomic E-state index is 5.95. The lowest BCUT2D eigenvalue weighted by molar-refractivity contribution is 0.470. The van der Waals surface area contributed by atoms with E-state index in [9.17, 15) is 0 Å². The van der Waals surface area contributed by atoms with E-state index in [1.165, 1.54) is 30.5 Å². The quantitative estimate of drug-likeness (QED) is 0.818. The van der Waals surface area contributed by atoms with Gasteiger partial charge in [-0.05, 0) is 49.8 Å². The highest BCUT2D eigenvalue weighted by atomic mass is 15.0. The van der Waals surface area contributed by atoms with Crippen LogP contribution in [0.25, 0.3) is 0 Å². The fourth-order valence-electron chi connectivity index (χ4n) is 2.77. The number of nitrogens with two attached hydrogens (primary N) is 1. The van der Waals surface area contributed by atoms with E-state index < -0.39 is 0 Å². The number of hydrogen-bond acceptors (Lipinski definition) is 2. The number of benzene rings is 1. The monoisotopic (exact) mass is 218 g/mol. The van der Waals surface area contributed by atoms with Crippen LogP contribution in [0.5, 0.6) is 0 Å². The summed E-state index contributed by atoms with van der Waals surface area (Å²) < 4.78 is 0. The van der Waals surface area contributed by atoms with Gasteiger partial charge in [0, 0.05) is 17.8 Å². The average molecular weight is 218 g/mol. The van der Waals surface area contributed by atoms with Crippen molar-refractivity contribution < 1.29 is 0 Å². The van der Waals surface area contributed by atoms with Gasteiger partial charge in [-0.2, -0.15) is 0 Å². The molecule has 2 rings (SSSR count). The first kappa shape index (κ1) is 11.5. The first-order valence-corrected chi connectivity index (χ1v) is 6.18. The Hall–Kier alpha value is -1.02. The molecule has 0 saturated heterocycles. The maximum Gasteiger partial charge on any atom is 0.0498 e. The largest absolute Gasteiger partial charge is 0.378 e. The molecule has 3 N–H and O–H groups in total. The van der Waals surface area contributed by atoms with Crippen LogP contribution in [0.4, 0.5) is 5.69 Å². The van der Waals surface area contributed by atoms with Crippen molar-refractivity contribution in [2.45, 2.75) is 38.6 Å². The van der Waals surface area contributed by atoms with E-state index in [0.29, 0.717) is 0 Å². The average Bonchev–Trinajstić information content (AvgIpc) is 2.61. The Morgan fingerprint density at radius 3 is 2.88 bits per heavy atom. The van der Waals surface area contributed by atoms with Gasteiger partial charge in [-0.3, -0.25) is 0 Å². The zero-order valence-corrected chi connectivity index (χ0v) is 10.3. The van der Waals surface area contributed by atoms with Gasteiger partial charge < -0.3 is 11.1 Å². The van der Waals surface area contributed by atoms with E-state index >= 15 is 0 Å². The van der Waals surface area contributed by atoms with Gasteiger partial charge in [0.15, 0.2) is 0 Å². The van der Waals surface area contributed by atoms with Crippen LogP contribution < -0.4 is 11.1 Å². The standard InChI is InChI=1S/C14H22N2/c1-11-4-3-5-13(8-11)16-14(10-15)7-6-12(2)9-14/h3-5,8,12,16H,6-7,9-10,15H2,1-2H3. The van der Waals surface area contributed by atoms with Crippen molar-refractivity contribution in [1.82, 2.24) is 0 Å². The molecule has 0 aliphatic heterocycles. The van der Waals surface area contributed by atoms with E-state index in [1.54, 1.807) is 0 Å².